The third kappa shape index (κ3) is 3.77. The molecule has 1 heterocycles. The van der Waals surface area contributed by atoms with Gasteiger partial charge in [0.2, 0.25) is 0 Å². The van der Waals surface area contributed by atoms with Gasteiger partial charge in [-0.2, -0.15) is 0 Å². The number of hydrogen-bond donors (Lipinski definition) is 1. The Kier molecular flexibility index (Phi) is 5.72. The molecule has 1 aromatic heterocycles. The minimum atomic E-state index is -0.458. The van der Waals surface area contributed by atoms with Crippen molar-refractivity contribution < 1.29 is 9.90 Å². The summed E-state index contributed by atoms with van der Waals surface area (Å²) < 4.78 is 2.31. The van der Waals surface area contributed by atoms with Gasteiger partial charge < -0.3 is 9.67 Å². The maximum atomic E-state index is 8.36. The molecule has 1 saturated carbocycles. The Labute approximate surface area is 182 Å². The molecule has 1 aliphatic carbocycles. The van der Waals surface area contributed by atoms with E-state index in [2.05, 4.69) is 109 Å². The molecular weight excluding hydrogens is 384 g/mol. The molecule has 0 unspecified atom stereocenters. The summed E-state index contributed by atoms with van der Waals surface area (Å²) in [6.45, 7) is 2.06. The minimum Gasteiger partial charge on any atom is -0.483 e. The predicted octanol–water partition coefficient (Wildman–Crippen LogP) is 5.48. The van der Waals surface area contributed by atoms with Crippen molar-refractivity contribution in [2.75, 3.05) is 0 Å². The van der Waals surface area contributed by atoms with Crippen molar-refractivity contribution in [3.63, 3.8) is 0 Å². The molecule has 0 spiro atoms. The molecule has 4 nitrogen and oxygen atoms in total. The van der Waals surface area contributed by atoms with Crippen LogP contribution in [0.15, 0.2) is 104 Å². The molecule has 0 aliphatic heterocycles. The first-order valence-corrected chi connectivity index (χ1v) is 10.4. The van der Waals surface area contributed by atoms with E-state index >= 15 is 0 Å². The Morgan fingerprint density at radius 3 is 1.58 bits per heavy atom. The lowest BCUT2D eigenvalue weighted by atomic mass is 9.76. The zero-order valence-electron chi connectivity index (χ0n) is 17.6. The minimum absolute atomic E-state index is 0.237. The largest absolute Gasteiger partial charge is 0.483 e. The topological polar surface area (TPSA) is 55.1 Å². The summed E-state index contributed by atoms with van der Waals surface area (Å²) in [5, 5.41) is 6.89. The van der Waals surface area contributed by atoms with Gasteiger partial charge in [0.1, 0.15) is 5.54 Å². The number of carboxylic acid groups (broad SMARTS) is 1. The van der Waals surface area contributed by atoms with Crippen molar-refractivity contribution >= 4 is 6.47 Å². The van der Waals surface area contributed by atoms with Gasteiger partial charge in [0, 0.05) is 11.6 Å². The fourth-order valence-electron chi connectivity index (χ4n) is 4.25. The summed E-state index contributed by atoms with van der Waals surface area (Å²) in [5.74, 6) is 0. The van der Waals surface area contributed by atoms with Crippen LogP contribution in [0.2, 0.25) is 0 Å². The molecule has 5 rings (SSSR count). The molecule has 1 fully saturated rings. The highest BCUT2D eigenvalue weighted by atomic mass is 16.3. The van der Waals surface area contributed by atoms with Gasteiger partial charge in [0.05, 0.1) is 12.0 Å². The van der Waals surface area contributed by atoms with Gasteiger partial charge in [0.25, 0.3) is 6.47 Å². The third-order valence-electron chi connectivity index (χ3n) is 6.16. The lowest BCUT2D eigenvalue weighted by Crippen LogP contribution is -2.37. The SMILES string of the molecule is CC1(c2cn(C(c3ccccc3)(c3ccccc3)c3ccccc3)cn2)CC1.O=CO. The second kappa shape index (κ2) is 8.60. The van der Waals surface area contributed by atoms with Crippen LogP contribution in [-0.2, 0) is 15.7 Å². The highest BCUT2D eigenvalue weighted by Crippen LogP contribution is 2.48. The van der Waals surface area contributed by atoms with Crippen LogP contribution >= 0.6 is 0 Å². The van der Waals surface area contributed by atoms with Crippen molar-refractivity contribution in [3.05, 3.63) is 126 Å². The Morgan fingerprint density at radius 2 is 1.23 bits per heavy atom. The molecule has 3 aromatic carbocycles. The maximum absolute atomic E-state index is 8.36. The number of rotatable bonds is 5. The van der Waals surface area contributed by atoms with Crippen molar-refractivity contribution in [3.8, 4) is 0 Å². The molecular formula is C27H26N2O2. The lowest BCUT2D eigenvalue weighted by molar-refractivity contribution is -0.122. The summed E-state index contributed by atoms with van der Waals surface area (Å²) in [6.07, 6.45) is 6.73. The van der Waals surface area contributed by atoms with Crippen molar-refractivity contribution in [2.45, 2.75) is 30.7 Å². The number of aromatic nitrogens is 2. The normalized spacial score (nSPS) is 14.2. The molecule has 1 aliphatic rings. The molecule has 1 N–H and O–H groups in total. The van der Waals surface area contributed by atoms with E-state index in [0.29, 0.717) is 0 Å². The summed E-state index contributed by atoms with van der Waals surface area (Å²) in [6, 6.07) is 32.3. The van der Waals surface area contributed by atoms with Gasteiger partial charge in [-0.1, -0.05) is 97.9 Å². The van der Waals surface area contributed by atoms with Crippen LogP contribution in [0.1, 0.15) is 42.1 Å². The van der Waals surface area contributed by atoms with E-state index in [1.165, 1.54) is 35.2 Å². The Bertz CT molecular complexity index is 1020. The van der Waals surface area contributed by atoms with E-state index < -0.39 is 5.54 Å². The highest BCUT2D eigenvalue weighted by molar-refractivity contribution is 5.51. The Hall–Kier alpha value is -3.66. The first kappa shape index (κ1) is 20.6. The van der Waals surface area contributed by atoms with Gasteiger partial charge >= 0.3 is 0 Å². The molecule has 4 aromatic rings. The monoisotopic (exact) mass is 410 g/mol. The van der Waals surface area contributed by atoms with Crippen molar-refractivity contribution in [1.82, 2.24) is 9.55 Å². The molecule has 0 saturated heterocycles. The van der Waals surface area contributed by atoms with Crippen LogP contribution in [0.5, 0.6) is 0 Å². The number of benzene rings is 3. The van der Waals surface area contributed by atoms with Crippen LogP contribution in [0, 0.1) is 0 Å². The first-order valence-electron chi connectivity index (χ1n) is 10.4. The molecule has 31 heavy (non-hydrogen) atoms. The van der Waals surface area contributed by atoms with E-state index in [9.17, 15) is 0 Å². The summed E-state index contributed by atoms with van der Waals surface area (Å²) in [5.41, 5.74) is 4.67. The molecule has 0 atom stereocenters. The number of hydrogen-bond acceptors (Lipinski definition) is 2. The van der Waals surface area contributed by atoms with Crippen LogP contribution < -0.4 is 0 Å². The first-order chi connectivity index (χ1) is 15.1. The summed E-state index contributed by atoms with van der Waals surface area (Å²) >= 11 is 0. The van der Waals surface area contributed by atoms with Gasteiger partial charge in [-0.15, -0.1) is 0 Å². The second-order valence-electron chi connectivity index (χ2n) is 8.14. The van der Waals surface area contributed by atoms with Crippen LogP contribution in [0.3, 0.4) is 0 Å². The van der Waals surface area contributed by atoms with Gasteiger partial charge in [0.15, 0.2) is 0 Å². The van der Waals surface area contributed by atoms with Crippen LogP contribution in [-0.4, -0.2) is 21.1 Å². The molecule has 156 valence electrons. The van der Waals surface area contributed by atoms with Crippen LogP contribution in [0.25, 0.3) is 0 Å². The highest BCUT2D eigenvalue weighted by Gasteiger charge is 2.43. The fraction of sp³-hybridized carbons (Fsp3) is 0.185. The van der Waals surface area contributed by atoms with Gasteiger partial charge in [-0.05, 0) is 29.5 Å². The summed E-state index contributed by atoms with van der Waals surface area (Å²) in [7, 11) is 0. The fourth-order valence-corrected chi connectivity index (χ4v) is 4.25. The van der Waals surface area contributed by atoms with Crippen LogP contribution in [0.4, 0.5) is 0 Å². The number of carbonyl (C=O) groups is 1. The van der Waals surface area contributed by atoms with E-state index in [1.54, 1.807) is 0 Å². The van der Waals surface area contributed by atoms with Crippen molar-refractivity contribution in [1.29, 1.82) is 0 Å². The molecule has 0 amide bonds. The average Bonchev–Trinajstić information content (AvgIpc) is 3.37. The standard InChI is InChI=1S/C26H24N2.CH2O2/c1-25(17-18-25)24-19-28(20-27-24)26(21-11-5-2-6-12-21,22-13-7-3-8-14-22)23-15-9-4-10-16-23;2-1-3/h2-16,19-20H,17-18H2,1H3;1H,(H,2,3). The number of imidazole rings is 1. The quantitative estimate of drug-likeness (QED) is 0.350. The molecule has 4 heteroatoms. The maximum Gasteiger partial charge on any atom is 0.290 e. The Balaban J connectivity index is 0.000000730. The lowest BCUT2D eigenvalue weighted by Gasteiger charge is -2.37. The number of nitrogens with zero attached hydrogens (tertiary/aromatic N) is 2. The third-order valence-corrected chi connectivity index (χ3v) is 6.16. The second-order valence-corrected chi connectivity index (χ2v) is 8.14. The Morgan fingerprint density at radius 1 is 0.839 bits per heavy atom. The van der Waals surface area contributed by atoms with Gasteiger partial charge in [-0.3, -0.25) is 4.79 Å². The molecule has 0 bridgehead atoms. The predicted molar refractivity (Wildman–Crippen MR) is 122 cm³/mol. The van der Waals surface area contributed by atoms with Crippen molar-refractivity contribution in [2.24, 2.45) is 0 Å². The van der Waals surface area contributed by atoms with E-state index in [0.717, 1.165) is 0 Å². The zero-order valence-corrected chi connectivity index (χ0v) is 17.6. The summed E-state index contributed by atoms with van der Waals surface area (Å²) in [4.78, 5) is 13.2. The smallest absolute Gasteiger partial charge is 0.290 e. The van der Waals surface area contributed by atoms with E-state index in [1.807, 2.05) is 6.33 Å². The average molecular weight is 411 g/mol. The molecule has 0 radical (unpaired) electrons. The zero-order chi connectivity index (χ0) is 21.7. The van der Waals surface area contributed by atoms with E-state index in [-0.39, 0.29) is 11.9 Å². The van der Waals surface area contributed by atoms with E-state index in [4.69, 9.17) is 14.9 Å². The van der Waals surface area contributed by atoms with Gasteiger partial charge in [-0.25, -0.2) is 4.98 Å².